The van der Waals surface area contributed by atoms with E-state index in [9.17, 15) is 4.79 Å². The van der Waals surface area contributed by atoms with Gasteiger partial charge >= 0.3 is 0 Å². The van der Waals surface area contributed by atoms with Gasteiger partial charge in [-0.05, 0) is 84.0 Å². The number of benzene rings is 2. The number of halogens is 1. The molecule has 5 nitrogen and oxygen atoms in total. The summed E-state index contributed by atoms with van der Waals surface area (Å²) in [6.07, 6.45) is 5.38. The lowest BCUT2D eigenvalue weighted by atomic mass is 9.56. The normalized spacial score (nSPS) is 29.2. The van der Waals surface area contributed by atoms with E-state index in [-0.39, 0.29) is 17.4 Å². The second-order valence-corrected chi connectivity index (χ2v) is 9.97. The second-order valence-electron chi connectivity index (χ2n) is 9.54. The Hall–Kier alpha value is -2.37. The molecule has 32 heavy (non-hydrogen) atoms. The van der Waals surface area contributed by atoms with Crippen molar-refractivity contribution < 1.29 is 14.3 Å². The molecule has 1 unspecified atom stereocenters. The van der Waals surface area contributed by atoms with Crippen molar-refractivity contribution in [2.75, 3.05) is 21.3 Å². The summed E-state index contributed by atoms with van der Waals surface area (Å²) in [4.78, 5) is 15.4. The van der Waals surface area contributed by atoms with Gasteiger partial charge in [-0.15, -0.1) is 0 Å². The Morgan fingerprint density at radius 2 is 1.81 bits per heavy atom. The standard InChI is InChI=1S/C26H29ClN2O3/c1-29-23(28)15-26(24(29)30)22-12-16(18-10-19(27)13-21(11-18)32-3)4-5-17(22)14-25(26)8-6-20(31-2)7-9-25/h4-5,10-13,20,28H,6-9,14-15H2,1-3H3. The monoisotopic (exact) mass is 452 g/mol. The number of nitrogens with one attached hydrogen (secondary N) is 1. The molecule has 1 atom stereocenters. The summed E-state index contributed by atoms with van der Waals surface area (Å²) in [5.41, 5.74) is 3.46. The number of fused-ring (bicyclic) bond motifs is 3. The first-order valence-electron chi connectivity index (χ1n) is 11.2. The fourth-order valence-electron chi connectivity index (χ4n) is 6.42. The third kappa shape index (κ3) is 2.94. The van der Waals surface area contributed by atoms with Crippen LogP contribution in [0.25, 0.3) is 11.1 Å². The maximum atomic E-state index is 13.8. The first kappa shape index (κ1) is 21.5. The number of rotatable bonds is 3. The van der Waals surface area contributed by atoms with Gasteiger partial charge in [-0.2, -0.15) is 0 Å². The van der Waals surface area contributed by atoms with Crippen LogP contribution in [0.15, 0.2) is 36.4 Å². The quantitative estimate of drug-likeness (QED) is 0.694. The highest BCUT2D eigenvalue weighted by atomic mass is 35.5. The van der Waals surface area contributed by atoms with Gasteiger partial charge in [-0.3, -0.25) is 10.2 Å². The molecule has 2 aromatic carbocycles. The molecule has 2 aliphatic carbocycles. The van der Waals surface area contributed by atoms with Crippen LogP contribution in [0.3, 0.4) is 0 Å². The zero-order valence-corrected chi connectivity index (χ0v) is 19.6. The maximum absolute atomic E-state index is 13.8. The molecule has 1 aliphatic heterocycles. The lowest BCUT2D eigenvalue weighted by Crippen LogP contribution is -2.50. The molecular weight excluding hydrogens is 424 g/mol. The van der Waals surface area contributed by atoms with E-state index in [1.165, 1.54) is 5.56 Å². The number of amidine groups is 1. The molecule has 1 saturated carbocycles. The number of likely N-dealkylation sites (tertiary alicyclic amines) is 1. The van der Waals surface area contributed by atoms with Crippen LogP contribution in [0, 0.1) is 10.8 Å². The Labute approximate surface area is 194 Å². The Morgan fingerprint density at radius 3 is 2.44 bits per heavy atom. The third-order valence-corrected chi connectivity index (χ3v) is 8.39. The van der Waals surface area contributed by atoms with Gasteiger partial charge in [0.2, 0.25) is 5.91 Å². The molecule has 1 N–H and O–H groups in total. The lowest BCUT2D eigenvalue weighted by molar-refractivity contribution is -0.136. The second kappa shape index (κ2) is 7.60. The average Bonchev–Trinajstić information content (AvgIpc) is 3.20. The van der Waals surface area contributed by atoms with E-state index < -0.39 is 5.41 Å². The fourth-order valence-corrected chi connectivity index (χ4v) is 6.64. The summed E-state index contributed by atoms with van der Waals surface area (Å²) in [5, 5.41) is 9.15. The van der Waals surface area contributed by atoms with Crippen molar-refractivity contribution in [2.24, 2.45) is 5.41 Å². The molecule has 168 valence electrons. The lowest BCUT2D eigenvalue weighted by Gasteiger charge is -2.46. The molecule has 6 heteroatoms. The highest BCUT2D eigenvalue weighted by Gasteiger charge is 2.66. The van der Waals surface area contributed by atoms with Gasteiger partial charge in [0.05, 0.1) is 18.6 Å². The number of ether oxygens (including phenoxy) is 2. The third-order valence-electron chi connectivity index (χ3n) is 8.17. The van der Waals surface area contributed by atoms with Crippen molar-refractivity contribution in [3.05, 3.63) is 52.5 Å². The fraction of sp³-hybridized carbons (Fsp3) is 0.462. The molecule has 5 rings (SSSR count). The molecule has 0 bridgehead atoms. The molecule has 0 radical (unpaired) electrons. The van der Waals surface area contributed by atoms with Crippen LogP contribution in [0.2, 0.25) is 5.02 Å². The number of hydrogen-bond donors (Lipinski definition) is 1. The number of hydrogen-bond acceptors (Lipinski definition) is 4. The number of carbonyl (C=O) groups is 1. The zero-order valence-electron chi connectivity index (χ0n) is 18.8. The molecule has 1 amide bonds. The van der Waals surface area contributed by atoms with Gasteiger partial charge in [0, 0.05) is 25.6 Å². The summed E-state index contributed by atoms with van der Waals surface area (Å²) in [5.74, 6) is 1.18. The summed E-state index contributed by atoms with van der Waals surface area (Å²) >= 11 is 6.34. The molecule has 3 aliphatic rings. The maximum Gasteiger partial charge on any atom is 0.239 e. The van der Waals surface area contributed by atoms with Crippen molar-refractivity contribution >= 4 is 23.3 Å². The predicted molar refractivity (Wildman–Crippen MR) is 126 cm³/mol. The molecular formula is C26H29ClN2O3. The summed E-state index contributed by atoms with van der Waals surface area (Å²) in [6, 6.07) is 12.1. The molecule has 2 fully saturated rings. The number of likely N-dealkylation sites (N-methyl/N-ethyl adjacent to an activating group) is 1. The van der Waals surface area contributed by atoms with Crippen LogP contribution in [-0.4, -0.2) is 44.0 Å². The van der Waals surface area contributed by atoms with Crippen molar-refractivity contribution in [2.45, 2.75) is 50.0 Å². The van der Waals surface area contributed by atoms with E-state index in [2.05, 4.69) is 18.2 Å². The number of amides is 1. The van der Waals surface area contributed by atoms with Gasteiger partial charge in [0.25, 0.3) is 0 Å². The van der Waals surface area contributed by atoms with Crippen molar-refractivity contribution in [3.8, 4) is 16.9 Å². The first-order chi connectivity index (χ1) is 15.3. The highest BCUT2D eigenvalue weighted by Crippen LogP contribution is 2.63. The Kier molecular flexibility index (Phi) is 5.10. The topological polar surface area (TPSA) is 62.6 Å². The average molecular weight is 453 g/mol. The first-order valence-corrected chi connectivity index (χ1v) is 11.6. The largest absolute Gasteiger partial charge is 0.497 e. The van der Waals surface area contributed by atoms with Gasteiger partial charge < -0.3 is 14.4 Å². The van der Waals surface area contributed by atoms with E-state index in [1.807, 2.05) is 12.1 Å². The minimum Gasteiger partial charge on any atom is -0.497 e. The minimum atomic E-state index is -0.675. The number of nitrogens with zero attached hydrogens (tertiary/aromatic N) is 1. The van der Waals surface area contributed by atoms with E-state index in [0.29, 0.717) is 23.0 Å². The van der Waals surface area contributed by atoms with Crippen molar-refractivity contribution in [1.82, 2.24) is 4.90 Å². The Bertz CT molecular complexity index is 1110. The molecule has 2 aromatic rings. The van der Waals surface area contributed by atoms with Gasteiger partial charge in [0.15, 0.2) is 0 Å². The van der Waals surface area contributed by atoms with Crippen LogP contribution in [-0.2, 0) is 21.4 Å². The number of methoxy groups -OCH3 is 2. The Balaban J connectivity index is 1.66. The van der Waals surface area contributed by atoms with Crippen LogP contribution >= 0.6 is 11.6 Å². The van der Waals surface area contributed by atoms with Crippen LogP contribution in [0.4, 0.5) is 0 Å². The Morgan fingerprint density at radius 1 is 1.06 bits per heavy atom. The van der Waals surface area contributed by atoms with Gasteiger partial charge in [-0.1, -0.05) is 23.7 Å². The van der Waals surface area contributed by atoms with Crippen LogP contribution in [0.5, 0.6) is 5.75 Å². The van der Waals surface area contributed by atoms with E-state index >= 15 is 0 Å². The molecule has 0 aromatic heterocycles. The zero-order chi connectivity index (χ0) is 22.7. The van der Waals surface area contributed by atoms with Crippen molar-refractivity contribution in [3.63, 3.8) is 0 Å². The van der Waals surface area contributed by atoms with E-state index in [0.717, 1.165) is 48.8 Å². The van der Waals surface area contributed by atoms with Gasteiger partial charge in [0.1, 0.15) is 11.6 Å². The SMILES string of the molecule is COc1cc(Cl)cc(-c2ccc3c(c2)C2(CC(=N)N(C)C2=O)C2(CCC(OC)CC2)C3)c1. The predicted octanol–water partition coefficient (Wildman–Crippen LogP) is 5.22. The van der Waals surface area contributed by atoms with Crippen molar-refractivity contribution in [1.29, 1.82) is 5.41 Å². The van der Waals surface area contributed by atoms with Crippen LogP contribution in [0.1, 0.15) is 43.2 Å². The summed E-state index contributed by atoms with van der Waals surface area (Å²) < 4.78 is 11.1. The molecule has 2 spiro atoms. The smallest absolute Gasteiger partial charge is 0.239 e. The highest BCUT2D eigenvalue weighted by molar-refractivity contribution is 6.31. The van der Waals surface area contributed by atoms with Crippen LogP contribution < -0.4 is 4.74 Å². The molecule has 1 heterocycles. The number of carbonyl (C=O) groups excluding carboxylic acids is 1. The van der Waals surface area contributed by atoms with E-state index in [1.54, 1.807) is 32.2 Å². The van der Waals surface area contributed by atoms with E-state index in [4.69, 9.17) is 26.5 Å². The molecule has 1 saturated heterocycles. The summed E-state index contributed by atoms with van der Waals surface area (Å²) in [7, 11) is 5.15. The summed E-state index contributed by atoms with van der Waals surface area (Å²) in [6.45, 7) is 0. The van der Waals surface area contributed by atoms with Gasteiger partial charge in [-0.25, -0.2) is 0 Å². The minimum absolute atomic E-state index is 0.0675.